The van der Waals surface area contributed by atoms with E-state index in [4.69, 9.17) is 5.73 Å². The van der Waals surface area contributed by atoms with Crippen LogP contribution in [0.15, 0.2) is 66.7 Å². The van der Waals surface area contributed by atoms with Gasteiger partial charge in [0, 0.05) is 33.5 Å². The number of hydrogen-bond acceptors (Lipinski definition) is 3. The highest BCUT2D eigenvalue weighted by Gasteiger charge is 2.36. The summed E-state index contributed by atoms with van der Waals surface area (Å²) in [7, 11) is 0. The summed E-state index contributed by atoms with van der Waals surface area (Å²) in [6.45, 7) is 8.47. The molecule has 0 radical (unpaired) electrons. The second kappa shape index (κ2) is 9.82. The third-order valence-electron chi connectivity index (χ3n) is 7.75. The molecular weight excluding hydrogens is 454 g/mol. The number of carbonyl (C=O) groups excluding carboxylic acids is 2. The summed E-state index contributed by atoms with van der Waals surface area (Å²) in [6.07, 6.45) is 3.24. The van der Waals surface area contributed by atoms with Gasteiger partial charge in [-0.15, -0.1) is 0 Å². The molecular formula is C34H33NO2. The number of anilines is 1. The number of aryl methyl sites for hydroxylation is 4. The van der Waals surface area contributed by atoms with Gasteiger partial charge in [-0.25, -0.2) is 0 Å². The predicted molar refractivity (Wildman–Crippen MR) is 153 cm³/mol. The maximum Gasteiger partial charge on any atom is 0.195 e. The van der Waals surface area contributed by atoms with E-state index < -0.39 is 0 Å². The van der Waals surface area contributed by atoms with Crippen LogP contribution in [0, 0.1) is 0 Å². The van der Waals surface area contributed by atoms with Crippen molar-refractivity contribution in [2.45, 2.75) is 53.4 Å². The van der Waals surface area contributed by atoms with Gasteiger partial charge < -0.3 is 5.73 Å². The van der Waals surface area contributed by atoms with E-state index >= 15 is 0 Å². The average molecular weight is 488 g/mol. The molecule has 0 unspecified atom stereocenters. The van der Waals surface area contributed by atoms with Gasteiger partial charge in [0.25, 0.3) is 0 Å². The van der Waals surface area contributed by atoms with Crippen LogP contribution in [0.3, 0.4) is 0 Å². The molecule has 0 amide bonds. The Kier molecular flexibility index (Phi) is 6.55. The second-order valence-corrected chi connectivity index (χ2v) is 9.66. The first-order valence-corrected chi connectivity index (χ1v) is 13.3. The third-order valence-corrected chi connectivity index (χ3v) is 7.75. The fraction of sp³-hybridized carbons (Fsp3) is 0.235. The number of hydrogen-bond donors (Lipinski definition) is 1. The first-order chi connectivity index (χ1) is 18.0. The molecule has 0 aromatic heterocycles. The molecule has 0 atom stereocenters. The van der Waals surface area contributed by atoms with E-state index in [1.165, 1.54) is 0 Å². The quantitative estimate of drug-likeness (QED) is 0.251. The highest BCUT2D eigenvalue weighted by Crippen LogP contribution is 2.46. The zero-order valence-corrected chi connectivity index (χ0v) is 22.1. The Labute approximate surface area is 219 Å². The highest BCUT2D eigenvalue weighted by molar-refractivity contribution is 6.33. The van der Waals surface area contributed by atoms with Gasteiger partial charge in [0.15, 0.2) is 11.6 Å². The van der Waals surface area contributed by atoms with Gasteiger partial charge in [-0.05, 0) is 70.7 Å². The number of carbonyl (C=O) groups is 2. The summed E-state index contributed by atoms with van der Waals surface area (Å²) in [5, 5.41) is 0. The molecule has 37 heavy (non-hydrogen) atoms. The lowest BCUT2D eigenvalue weighted by Gasteiger charge is -2.27. The first-order valence-electron chi connectivity index (χ1n) is 13.3. The maximum atomic E-state index is 14.3. The fourth-order valence-electron chi connectivity index (χ4n) is 5.93. The van der Waals surface area contributed by atoms with Crippen LogP contribution >= 0.6 is 0 Å². The van der Waals surface area contributed by atoms with Crippen LogP contribution in [0.5, 0.6) is 0 Å². The topological polar surface area (TPSA) is 60.2 Å². The van der Waals surface area contributed by atoms with Crippen LogP contribution in [0.1, 0.15) is 81.8 Å². The summed E-state index contributed by atoms with van der Waals surface area (Å²) in [4.78, 5) is 28.5. The molecule has 1 aliphatic carbocycles. The van der Waals surface area contributed by atoms with Crippen LogP contribution in [-0.2, 0) is 25.7 Å². The van der Waals surface area contributed by atoms with Gasteiger partial charge in [0.05, 0.1) is 0 Å². The molecule has 1 aliphatic rings. The summed E-state index contributed by atoms with van der Waals surface area (Å²) in [6, 6.07) is 21.7. The minimum Gasteiger partial charge on any atom is -0.398 e. The molecule has 3 heteroatoms. The fourth-order valence-corrected chi connectivity index (χ4v) is 5.93. The molecule has 0 saturated carbocycles. The molecule has 3 nitrogen and oxygen atoms in total. The Balaban J connectivity index is 1.98. The molecule has 0 spiro atoms. The van der Waals surface area contributed by atoms with Crippen molar-refractivity contribution in [3.05, 3.63) is 111 Å². The van der Waals surface area contributed by atoms with Crippen molar-refractivity contribution in [1.29, 1.82) is 0 Å². The van der Waals surface area contributed by atoms with Crippen LogP contribution in [-0.4, -0.2) is 11.6 Å². The summed E-state index contributed by atoms with van der Waals surface area (Å²) in [5.74, 6) is -0.241. The van der Waals surface area contributed by atoms with E-state index in [1.54, 1.807) is 12.1 Å². The monoisotopic (exact) mass is 487 g/mol. The van der Waals surface area contributed by atoms with Crippen LogP contribution in [0.4, 0.5) is 5.69 Å². The zero-order valence-electron chi connectivity index (χ0n) is 22.1. The van der Waals surface area contributed by atoms with Crippen molar-refractivity contribution in [1.82, 2.24) is 0 Å². The van der Waals surface area contributed by atoms with Crippen molar-refractivity contribution >= 4 is 17.3 Å². The third kappa shape index (κ3) is 3.81. The minimum absolute atomic E-state index is 0.110. The summed E-state index contributed by atoms with van der Waals surface area (Å²) >= 11 is 0. The molecule has 0 heterocycles. The van der Waals surface area contributed by atoms with Gasteiger partial charge in [-0.1, -0.05) is 88.4 Å². The SMILES string of the molecule is CCc1cccc(CC)c1-c1cc(N)c(-c2c(CC)cccc2CC)c2c1C(=O)c1ccccc1C2=O. The maximum absolute atomic E-state index is 14.3. The van der Waals surface area contributed by atoms with Crippen LogP contribution in [0.25, 0.3) is 22.3 Å². The largest absolute Gasteiger partial charge is 0.398 e. The molecule has 186 valence electrons. The van der Waals surface area contributed by atoms with E-state index in [9.17, 15) is 9.59 Å². The Morgan fingerprint density at radius 2 is 0.919 bits per heavy atom. The van der Waals surface area contributed by atoms with Crippen molar-refractivity contribution in [2.24, 2.45) is 0 Å². The van der Waals surface area contributed by atoms with E-state index in [0.29, 0.717) is 33.5 Å². The lowest BCUT2D eigenvalue weighted by Crippen LogP contribution is -2.24. The van der Waals surface area contributed by atoms with Gasteiger partial charge in [0.2, 0.25) is 0 Å². The van der Waals surface area contributed by atoms with Crippen molar-refractivity contribution < 1.29 is 9.59 Å². The van der Waals surface area contributed by atoms with E-state index in [-0.39, 0.29) is 11.6 Å². The van der Waals surface area contributed by atoms with Crippen LogP contribution in [0.2, 0.25) is 0 Å². The molecule has 0 saturated heterocycles. The Morgan fingerprint density at radius 1 is 0.486 bits per heavy atom. The van der Waals surface area contributed by atoms with Gasteiger partial charge in [-0.3, -0.25) is 9.59 Å². The Bertz CT molecular complexity index is 1520. The molecule has 0 fully saturated rings. The van der Waals surface area contributed by atoms with E-state index in [2.05, 4.69) is 64.1 Å². The number of fused-ring (bicyclic) bond motifs is 2. The van der Waals surface area contributed by atoms with Crippen molar-refractivity contribution in [3.63, 3.8) is 0 Å². The number of ketones is 2. The van der Waals surface area contributed by atoms with Gasteiger partial charge >= 0.3 is 0 Å². The molecule has 5 rings (SSSR count). The molecule has 4 aromatic carbocycles. The summed E-state index contributed by atoms with van der Waals surface area (Å²) in [5.41, 5.74) is 17.3. The van der Waals surface area contributed by atoms with Crippen molar-refractivity contribution in [3.8, 4) is 22.3 Å². The second-order valence-electron chi connectivity index (χ2n) is 9.66. The molecule has 0 aliphatic heterocycles. The smallest absolute Gasteiger partial charge is 0.195 e. The number of benzene rings is 4. The highest BCUT2D eigenvalue weighted by atomic mass is 16.1. The summed E-state index contributed by atoms with van der Waals surface area (Å²) < 4.78 is 0. The number of nitrogens with two attached hydrogens (primary N) is 1. The predicted octanol–water partition coefficient (Wildman–Crippen LogP) is 7.63. The number of nitrogen functional groups attached to an aromatic ring is 1. The van der Waals surface area contributed by atoms with E-state index in [0.717, 1.165) is 64.6 Å². The Hall–Kier alpha value is -3.98. The molecule has 0 bridgehead atoms. The molecule has 2 N–H and O–H groups in total. The van der Waals surface area contributed by atoms with Gasteiger partial charge in [-0.2, -0.15) is 0 Å². The molecule has 4 aromatic rings. The number of rotatable bonds is 6. The lowest BCUT2D eigenvalue weighted by molar-refractivity contribution is 0.0980. The standard InChI is InChI=1S/C34H33NO2/c1-5-20-13-11-14-21(6-2)28(20)26-19-27(35)31(29-22(7-3)15-12-16-23(29)8-4)32-30(26)33(36)24-17-9-10-18-25(24)34(32)37/h9-19H,5-8,35H2,1-4H3. The van der Waals surface area contributed by atoms with Crippen molar-refractivity contribution in [2.75, 3.05) is 5.73 Å². The van der Waals surface area contributed by atoms with Crippen LogP contribution < -0.4 is 5.73 Å². The lowest BCUT2D eigenvalue weighted by atomic mass is 9.74. The minimum atomic E-state index is -0.131. The van der Waals surface area contributed by atoms with E-state index in [1.807, 2.05) is 18.2 Å². The Morgan fingerprint density at radius 3 is 1.38 bits per heavy atom. The van der Waals surface area contributed by atoms with Gasteiger partial charge in [0.1, 0.15) is 0 Å². The zero-order chi connectivity index (χ0) is 26.3. The normalized spacial score (nSPS) is 12.4. The first kappa shape index (κ1) is 24.7. The average Bonchev–Trinajstić information content (AvgIpc) is 2.94.